The summed E-state index contributed by atoms with van der Waals surface area (Å²) >= 11 is 0. The maximum Gasteiger partial charge on any atom is 0.287 e. The number of aliphatic hydroxyl groups excluding tert-OH is 1. The number of hydrogen-bond donors (Lipinski definition) is 2. The summed E-state index contributed by atoms with van der Waals surface area (Å²) in [6.07, 6.45) is -0.180. The van der Waals surface area contributed by atoms with Crippen molar-refractivity contribution < 1.29 is 19.1 Å². The van der Waals surface area contributed by atoms with E-state index in [0.717, 1.165) is 22.1 Å². The van der Waals surface area contributed by atoms with E-state index in [1.165, 1.54) is 0 Å². The number of hydrogen-bond acceptors (Lipinski definition) is 4. The highest BCUT2D eigenvalue weighted by Gasteiger charge is 2.35. The van der Waals surface area contributed by atoms with Gasteiger partial charge in [0.05, 0.1) is 6.10 Å². The molecule has 1 unspecified atom stereocenters. The topological polar surface area (TPSA) is 71.7 Å². The molecule has 1 aliphatic rings. The Morgan fingerprint density at radius 3 is 2.71 bits per heavy atom. The summed E-state index contributed by atoms with van der Waals surface area (Å²) in [4.78, 5) is 12.8. The third-order valence-electron chi connectivity index (χ3n) is 5.41. The maximum atomic E-state index is 12.8. The quantitative estimate of drug-likeness (QED) is 0.699. The normalized spacial score (nSPS) is 17.8. The van der Waals surface area contributed by atoms with Crippen molar-refractivity contribution in [1.29, 1.82) is 0 Å². The lowest BCUT2D eigenvalue weighted by atomic mass is 9.89. The van der Waals surface area contributed by atoms with E-state index in [2.05, 4.69) is 5.32 Å². The second-order valence-corrected chi connectivity index (χ2v) is 8.10. The van der Waals surface area contributed by atoms with Gasteiger partial charge in [0, 0.05) is 29.5 Å². The SMILES string of the molecule is Cc1ccccc1CNC(=O)c1oc2ccc3c(c2c1C)C(O)CC(C)(C)O3. The van der Waals surface area contributed by atoms with Crippen LogP contribution in [0, 0.1) is 13.8 Å². The van der Waals surface area contributed by atoms with Gasteiger partial charge in [0.25, 0.3) is 5.91 Å². The Kier molecular flexibility index (Phi) is 4.42. The highest BCUT2D eigenvalue weighted by atomic mass is 16.5. The first kappa shape index (κ1) is 18.6. The summed E-state index contributed by atoms with van der Waals surface area (Å²) in [6, 6.07) is 11.5. The number of fused-ring (bicyclic) bond motifs is 3. The van der Waals surface area contributed by atoms with Crippen LogP contribution in [0.4, 0.5) is 0 Å². The Balaban J connectivity index is 1.68. The van der Waals surface area contributed by atoms with Gasteiger partial charge in [0.15, 0.2) is 5.76 Å². The van der Waals surface area contributed by atoms with Crippen LogP contribution in [0.3, 0.4) is 0 Å². The Labute approximate surface area is 164 Å². The third-order valence-corrected chi connectivity index (χ3v) is 5.41. The Bertz CT molecular complexity index is 1060. The van der Waals surface area contributed by atoms with Gasteiger partial charge in [-0.15, -0.1) is 0 Å². The van der Waals surface area contributed by atoms with Crippen molar-refractivity contribution in [2.75, 3.05) is 0 Å². The molecule has 2 N–H and O–H groups in total. The largest absolute Gasteiger partial charge is 0.487 e. The molecule has 146 valence electrons. The molecule has 2 aromatic carbocycles. The molecule has 4 rings (SSSR count). The zero-order valence-electron chi connectivity index (χ0n) is 16.6. The van der Waals surface area contributed by atoms with E-state index >= 15 is 0 Å². The number of nitrogens with one attached hydrogen (secondary N) is 1. The summed E-state index contributed by atoms with van der Waals surface area (Å²) in [5.41, 5.74) is 3.76. The van der Waals surface area contributed by atoms with Gasteiger partial charge in [-0.3, -0.25) is 4.79 Å². The van der Waals surface area contributed by atoms with E-state index in [9.17, 15) is 9.90 Å². The minimum atomic E-state index is -0.665. The molecule has 5 nitrogen and oxygen atoms in total. The Hall–Kier alpha value is -2.79. The third kappa shape index (κ3) is 3.16. The average Bonchev–Trinajstić information content (AvgIpc) is 2.96. The van der Waals surface area contributed by atoms with Crippen LogP contribution in [0.25, 0.3) is 11.0 Å². The lowest BCUT2D eigenvalue weighted by Crippen LogP contribution is -2.34. The molecule has 3 aromatic rings. The van der Waals surface area contributed by atoms with Gasteiger partial charge in [-0.25, -0.2) is 0 Å². The minimum absolute atomic E-state index is 0.266. The van der Waals surface area contributed by atoms with Crippen molar-refractivity contribution in [3.8, 4) is 5.75 Å². The highest BCUT2D eigenvalue weighted by molar-refractivity contribution is 6.00. The van der Waals surface area contributed by atoms with Gasteiger partial charge in [-0.1, -0.05) is 24.3 Å². The van der Waals surface area contributed by atoms with Crippen LogP contribution >= 0.6 is 0 Å². The van der Waals surface area contributed by atoms with Gasteiger partial charge in [-0.2, -0.15) is 0 Å². The first-order chi connectivity index (χ1) is 13.3. The lowest BCUT2D eigenvalue weighted by molar-refractivity contribution is 0.0126. The zero-order chi connectivity index (χ0) is 20.1. The summed E-state index contributed by atoms with van der Waals surface area (Å²) in [5.74, 6) is 0.651. The number of benzene rings is 2. The molecule has 1 amide bonds. The lowest BCUT2D eigenvalue weighted by Gasteiger charge is -2.35. The van der Waals surface area contributed by atoms with Crippen LogP contribution in [-0.4, -0.2) is 16.6 Å². The molecule has 0 radical (unpaired) electrons. The number of rotatable bonds is 3. The van der Waals surface area contributed by atoms with Crippen LogP contribution < -0.4 is 10.1 Å². The number of furan rings is 1. The average molecular weight is 379 g/mol. The predicted octanol–water partition coefficient (Wildman–Crippen LogP) is 4.57. The van der Waals surface area contributed by atoms with E-state index in [0.29, 0.717) is 29.9 Å². The number of aliphatic hydroxyl groups is 1. The Morgan fingerprint density at radius 2 is 1.96 bits per heavy atom. The fourth-order valence-corrected chi connectivity index (χ4v) is 3.96. The van der Waals surface area contributed by atoms with Crippen molar-refractivity contribution in [1.82, 2.24) is 5.32 Å². The van der Waals surface area contributed by atoms with Crippen LogP contribution in [0.15, 0.2) is 40.8 Å². The summed E-state index contributed by atoms with van der Waals surface area (Å²) in [6.45, 7) is 8.20. The van der Waals surface area contributed by atoms with E-state index in [-0.39, 0.29) is 11.7 Å². The minimum Gasteiger partial charge on any atom is -0.487 e. The molecule has 0 fully saturated rings. The number of amides is 1. The molecule has 0 saturated carbocycles. The molecular weight excluding hydrogens is 354 g/mol. The van der Waals surface area contributed by atoms with Gasteiger partial charge in [-0.05, 0) is 51.0 Å². The second kappa shape index (κ2) is 6.67. The molecule has 1 aromatic heterocycles. The smallest absolute Gasteiger partial charge is 0.287 e. The zero-order valence-corrected chi connectivity index (χ0v) is 16.6. The van der Waals surface area contributed by atoms with Gasteiger partial charge in [0.2, 0.25) is 0 Å². The highest BCUT2D eigenvalue weighted by Crippen LogP contribution is 2.45. The number of carbonyl (C=O) groups is 1. The first-order valence-corrected chi connectivity index (χ1v) is 9.52. The number of aryl methyl sites for hydroxylation is 2. The molecule has 28 heavy (non-hydrogen) atoms. The molecule has 0 spiro atoms. The maximum absolute atomic E-state index is 12.8. The molecule has 0 bridgehead atoms. The molecule has 1 aliphatic heterocycles. The van der Waals surface area contributed by atoms with Crippen LogP contribution in [0.1, 0.15) is 59.2 Å². The van der Waals surface area contributed by atoms with Crippen LogP contribution in [-0.2, 0) is 6.54 Å². The first-order valence-electron chi connectivity index (χ1n) is 9.52. The second-order valence-electron chi connectivity index (χ2n) is 8.10. The van der Waals surface area contributed by atoms with Crippen molar-refractivity contribution in [2.45, 2.75) is 52.4 Å². The number of ether oxygens (including phenoxy) is 1. The standard InChI is InChI=1S/C23H25NO4/c1-13-7-5-6-8-15(13)12-24-22(26)21-14(2)19-17(27-21)9-10-18-20(19)16(25)11-23(3,4)28-18/h5-10,16,25H,11-12H2,1-4H3,(H,24,26). The molecular formula is C23H25NO4. The van der Waals surface area contributed by atoms with Crippen molar-refractivity contribution in [2.24, 2.45) is 0 Å². The fraction of sp³-hybridized carbons (Fsp3) is 0.348. The predicted molar refractivity (Wildman–Crippen MR) is 108 cm³/mol. The van der Waals surface area contributed by atoms with Crippen molar-refractivity contribution in [3.63, 3.8) is 0 Å². The fourth-order valence-electron chi connectivity index (χ4n) is 3.96. The van der Waals surface area contributed by atoms with Gasteiger partial charge in [0.1, 0.15) is 16.9 Å². The molecule has 5 heteroatoms. The van der Waals surface area contributed by atoms with E-state index in [1.54, 1.807) is 12.1 Å². The molecule has 0 saturated heterocycles. The van der Waals surface area contributed by atoms with Crippen molar-refractivity contribution >= 4 is 16.9 Å². The summed E-state index contributed by atoms with van der Waals surface area (Å²) in [7, 11) is 0. The molecule has 0 aliphatic carbocycles. The van der Waals surface area contributed by atoms with E-state index < -0.39 is 11.7 Å². The van der Waals surface area contributed by atoms with Gasteiger partial charge >= 0.3 is 0 Å². The van der Waals surface area contributed by atoms with E-state index in [1.807, 2.05) is 52.0 Å². The van der Waals surface area contributed by atoms with Gasteiger partial charge < -0.3 is 19.6 Å². The van der Waals surface area contributed by atoms with Crippen LogP contribution in [0.5, 0.6) is 5.75 Å². The summed E-state index contributed by atoms with van der Waals surface area (Å²) < 4.78 is 11.9. The van der Waals surface area contributed by atoms with Crippen LogP contribution in [0.2, 0.25) is 0 Å². The van der Waals surface area contributed by atoms with Crippen molar-refractivity contribution in [3.05, 3.63) is 64.4 Å². The summed E-state index contributed by atoms with van der Waals surface area (Å²) in [5, 5.41) is 14.4. The molecule has 1 atom stereocenters. The number of carbonyl (C=O) groups excluding carboxylic acids is 1. The molecule has 2 heterocycles. The Morgan fingerprint density at radius 1 is 1.21 bits per heavy atom. The monoisotopic (exact) mass is 379 g/mol. The van der Waals surface area contributed by atoms with E-state index in [4.69, 9.17) is 9.15 Å².